The number of hydrogen-bond donors (Lipinski definition) is 2. The SMILES string of the molecule is CCCC(CC1CCCC1)C(=O)NCC(OC)C(=O)O. The van der Waals surface area contributed by atoms with E-state index in [1.165, 1.54) is 32.8 Å². The summed E-state index contributed by atoms with van der Waals surface area (Å²) in [6.07, 6.45) is 6.81. The van der Waals surface area contributed by atoms with Gasteiger partial charge in [-0.1, -0.05) is 39.0 Å². The summed E-state index contributed by atoms with van der Waals surface area (Å²) >= 11 is 0. The highest BCUT2D eigenvalue weighted by Gasteiger charge is 2.25. The number of hydrogen-bond acceptors (Lipinski definition) is 3. The van der Waals surface area contributed by atoms with Crippen molar-refractivity contribution in [3.63, 3.8) is 0 Å². The van der Waals surface area contributed by atoms with Crippen LogP contribution in [0.25, 0.3) is 0 Å². The van der Waals surface area contributed by atoms with Gasteiger partial charge in [-0.05, 0) is 18.8 Å². The summed E-state index contributed by atoms with van der Waals surface area (Å²) in [5, 5.41) is 11.6. The molecule has 0 aliphatic heterocycles. The Morgan fingerprint density at radius 3 is 2.50 bits per heavy atom. The Morgan fingerprint density at radius 1 is 1.35 bits per heavy atom. The summed E-state index contributed by atoms with van der Waals surface area (Å²) in [4.78, 5) is 23.0. The van der Waals surface area contributed by atoms with Gasteiger partial charge in [-0.25, -0.2) is 4.79 Å². The molecule has 0 spiro atoms. The highest BCUT2D eigenvalue weighted by atomic mass is 16.5. The van der Waals surface area contributed by atoms with E-state index in [0.717, 1.165) is 19.3 Å². The van der Waals surface area contributed by atoms with Crippen molar-refractivity contribution in [2.24, 2.45) is 11.8 Å². The lowest BCUT2D eigenvalue weighted by Gasteiger charge is -2.20. The number of nitrogens with one attached hydrogen (secondary N) is 1. The smallest absolute Gasteiger partial charge is 0.334 e. The van der Waals surface area contributed by atoms with Crippen LogP contribution in [0, 0.1) is 11.8 Å². The van der Waals surface area contributed by atoms with E-state index in [9.17, 15) is 9.59 Å². The fourth-order valence-electron chi connectivity index (χ4n) is 2.96. The van der Waals surface area contributed by atoms with E-state index in [1.54, 1.807) is 0 Å². The first kappa shape index (κ1) is 17.0. The molecule has 2 atom stereocenters. The number of carboxylic acids is 1. The highest BCUT2D eigenvalue weighted by molar-refractivity contribution is 5.80. The first-order chi connectivity index (χ1) is 9.58. The Kier molecular flexibility index (Phi) is 7.59. The molecule has 0 radical (unpaired) electrons. The Morgan fingerprint density at radius 2 is 2.00 bits per heavy atom. The minimum absolute atomic E-state index is 0.00870. The van der Waals surface area contributed by atoms with Crippen LogP contribution in [0.3, 0.4) is 0 Å². The molecule has 1 aliphatic rings. The summed E-state index contributed by atoms with van der Waals surface area (Å²) in [7, 11) is 1.34. The summed E-state index contributed by atoms with van der Waals surface area (Å²) < 4.78 is 4.82. The molecule has 1 rings (SSSR count). The topological polar surface area (TPSA) is 75.6 Å². The van der Waals surface area contributed by atoms with Crippen LogP contribution in [0.1, 0.15) is 51.9 Å². The molecule has 0 heterocycles. The van der Waals surface area contributed by atoms with Gasteiger partial charge in [0.1, 0.15) is 0 Å². The van der Waals surface area contributed by atoms with Crippen molar-refractivity contribution in [3.05, 3.63) is 0 Å². The highest BCUT2D eigenvalue weighted by Crippen LogP contribution is 2.31. The molecule has 0 bridgehead atoms. The molecular weight excluding hydrogens is 258 g/mol. The molecule has 0 saturated heterocycles. The van der Waals surface area contributed by atoms with Gasteiger partial charge in [0.2, 0.25) is 5.91 Å². The van der Waals surface area contributed by atoms with Crippen molar-refractivity contribution in [1.82, 2.24) is 5.32 Å². The van der Waals surface area contributed by atoms with E-state index < -0.39 is 12.1 Å². The zero-order chi connectivity index (χ0) is 15.0. The molecule has 0 aromatic rings. The molecule has 1 aliphatic carbocycles. The Balaban J connectivity index is 2.44. The number of methoxy groups -OCH3 is 1. The van der Waals surface area contributed by atoms with Crippen molar-refractivity contribution in [3.8, 4) is 0 Å². The third kappa shape index (κ3) is 5.49. The molecule has 116 valence electrons. The van der Waals surface area contributed by atoms with Gasteiger partial charge in [0.05, 0.1) is 6.54 Å². The van der Waals surface area contributed by atoms with Crippen LogP contribution < -0.4 is 5.32 Å². The largest absolute Gasteiger partial charge is 0.479 e. The maximum Gasteiger partial charge on any atom is 0.334 e. The number of carbonyl (C=O) groups is 2. The molecule has 0 aromatic carbocycles. The van der Waals surface area contributed by atoms with Crippen LogP contribution >= 0.6 is 0 Å². The van der Waals surface area contributed by atoms with E-state index in [1.807, 2.05) is 0 Å². The molecular formula is C15H27NO4. The van der Waals surface area contributed by atoms with Gasteiger partial charge in [-0.15, -0.1) is 0 Å². The van der Waals surface area contributed by atoms with Crippen molar-refractivity contribution in [2.75, 3.05) is 13.7 Å². The number of rotatable bonds is 9. The predicted octanol–water partition coefficient (Wildman–Crippen LogP) is 2.20. The van der Waals surface area contributed by atoms with Gasteiger partial charge >= 0.3 is 5.97 Å². The number of carbonyl (C=O) groups excluding carboxylic acids is 1. The first-order valence-electron chi connectivity index (χ1n) is 7.61. The standard InChI is InChI=1S/C15H27NO4/c1-3-6-12(9-11-7-4-5-8-11)14(17)16-10-13(20-2)15(18)19/h11-13H,3-10H2,1-2H3,(H,16,17)(H,18,19). The van der Waals surface area contributed by atoms with E-state index in [2.05, 4.69) is 12.2 Å². The predicted molar refractivity (Wildman–Crippen MR) is 76.4 cm³/mol. The monoisotopic (exact) mass is 285 g/mol. The van der Waals surface area contributed by atoms with Crippen LogP contribution in [-0.4, -0.2) is 36.7 Å². The van der Waals surface area contributed by atoms with Crippen LogP contribution in [0.5, 0.6) is 0 Å². The lowest BCUT2D eigenvalue weighted by Crippen LogP contribution is -2.40. The fraction of sp³-hybridized carbons (Fsp3) is 0.867. The van der Waals surface area contributed by atoms with Crippen LogP contribution in [0.4, 0.5) is 0 Å². The molecule has 2 N–H and O–H groups in total. The average Bonchev–Trinajstić information content (AvgIpc) is 2.91. The minimum atomic E-state index is -1.05. The zero-order valence-corrected chi connectivity index (χ0v) is 12.6. The van der Waals surface area contributed by atoms with E-state index in [0.29, 0.717) is 5.92 Å². The van der Waals surface area contributed by atoms with Gasteiger partial charge < -0.3 is 15.2 Å². The second-order valence-corrected chi connectivity index (χ2v) is 5.68. The Hall–Kier alpha value is -1.10. The van der Waals surface area contributed by atoms with E-state index >= 15 is 0 Å². The normalized spacial score (nSPS) is 18.7. The Labute approximate surface area is 121 Å². The maximum atomic E-state index is 12.2. The first-order valence-corrected chi connectivity index (χ1v) is 7.61. The molecule has 5 heteroatoms. The Bertz CT molecular complexity index is 313. The molecule has 1 fully saturated rings. The second kappa shape index (κ2) is 8.95. The quantitative estimate of drug-likeness (QED) is 0.681. The minimum Gasteiger partial charge on any atom is -0.479 e. The van der Waals surface area contributed by atoms with Gasteiger partial charge in [-0.2, -0.15) is 0 Å². The third-order valence-corrected chi connectivity index (χ3v) is 4.12. The maximum absolute atomic E-state index is 12.2. The second-order valence-electron chi connectivity index (χ2n) is 5.68. The van der Waals surface area contributed by atoms with Crippen LogP contribution in [0.15, 0.2) is 0 Å². The number of carboxylic acid groups (broad SMARTS) is 1. The molecule has 1 saturated carbocycles. The molecule has 0 aromatic heterocycles. The summed E-state index contributed by atoms with van der Waals surface area (Å²) in [6.45, 7) is 2.11. The van der Waals surface area contributed by atoms with Crippen molar-refractivity contribution in [2.45, 2.75) is 58.0 Å². The van der Waals surface area contributed by atoms with E-state index in [-0.39, 0.29) is 18.4 Å². The van der Waals surface area contributed by atoms with Gasteiger partial charge in [-0.3, -0.25) is 4.79 Å². The number of amides is 1. The third-order valence-electron chi connectivity index (χ3n) is 4.12. The number of ether oxygens (including phenoxy) is 1. The lowest BCUT2D eigenvalue weighted by molar-refractivity contribution is -0.148. The summed E-state index contributed by atoms with van der Waals surface area (Å²) in [5.41, 5.74) is 0. The van der Waals surface area contributed by atoms with E-state index in [4.69, 9.17) is 9.84 Å². The van der Waals surface area contributed by atoms with Gasteiger partial charge in [0.15, 0.2) is 6.10 Å². The molecule has 1 amide bonds. The van der Waals surface area contributed by atoms with Crippen molar-refractivity contribution >= 4 is 11.9 Å². The van der Waals surface area contributed by atoms with Gasteiger partial charge in [0.25, 0.3) is 0 Å². The lowest BCUT2D eigenvalue weighted by atomic mass is 9.89. The van der Waals surface area contributed by atoms with Crippen molar-refractivity contribution < 1.29 is 19.4 Å². The molecule has 5 nitrogen and oxygen atoms in total. The molecule has 20 heavy (non-hydrogen) atoms. The average molecular weight is 285 g/mol. The summed E-state index contributed by atoms with van der Waals surface area (Å²) in [5.74, 6) is -0.401. The molecule has 2 unspecified atom stereocenters. The van der Waals surface area contributed by atoms with Crippen molar-refractivity contribution in [1.29, 1.82) is 0 Å². The zero-order valence-electron chi connectivity index (χ0n) is 12.6. The number of aliphatic carboxylic acids is 1. The summed E-state index contributed by atoms with van der Waals surface area (Å²) in [6, 6.07) is 0. The van der Waals surface area contributed by atoms with Gasteiger partial charge in [0, 0.05) is 13.0 Å². The van der Waals surface area contributed by atoms with Crippen LogP contribution in [0.2, 0.25) is 0 Å². The fourth-order valence-corrected chi connectivity index (χ4v) is 2.96. The van der Waals surface area contributed by atoms with Crippen LogP contribution in [-0.2, 0) is 14.3 Å².